The van der Waals surface area contributed by atoms with E-state index in [1.165, 1.54) is 0 Å². The third-order valence-electron chi connectivity index (χ3n) is 7.80. The highest BCUT2D eigenvalue weighted by molar-refractivity contribution is 6.06. The zero-order valence-electron chi connectivity index (χ0n) is 22.9. The van der Waals surface area contributed by atoms with Gasteiger partial charge in [0.15, 0.2) is 18.2 Å². The van der Waals surface area contributed by atoms with Crippen molar-refractivity contribution in [2.45, 2.75) is 59.3 Å². The number of anilines is 1. The number of para-hydroxylation sites is 1. The molecule has 6 nitrogen and oxygen atoms in total. The van der Waals surface area contributed by atoms with E-state index >= 15 is 0 Å². The van der Waals surface area contributed by atoms with Crippen molar-refractivity contribution < 1.29 is 19.1 Å². The maximum absolute atomic E-state index is 13.7. The molecule has 1 heterocycles. The Kier molecular flexibility index (Phi) is 6.54. The van der Waals surface area contributed by atoms with Crippen LogP contribution >= 0.6 is 0 Å². The van der Waals surface area contributed by atoms with E-state index in [9.17, 15) is 14.4 Å². The molecule has 0 saturated carbocycles. The fourth-order valence-electron chi connectivity index (χ4n) is 6.15. The minimum absolute atomic E-state index is 0.103. The summed E-state index contributed by atoms with van der Waals surface area (Å²) in [6.07, 6.45) is 2.47. The highest BCUT2D eigenvalue weighted by Crippen LogP contribution is 2.54. The molecule has 38 heavy (non-hydrogen) atoms. The zero-order chi connectivity index (χ0) is 27.2. The molecule has 0 radical (unpaired) electrons. The van der Waals surface area contributed by atoms with Crippen LogP contribution in [0.2, 0.25) is 0 Å². The van der Waals surface area contributed by atoms with Crippen LogP contribution < -0.4 is 10.1 Å². The Bertz CT molecular complexity index is 1310. The SMILES string of the molecule is CN1C2=C(C(=O)CC(C)(C)C2)C(c2cccc(OCC(=O)Nc3ccccc3)c2)C2=C1CC(C)(C)CC2=O. The Balaban J connectivity index is 1.49. The average Bonchev–Trinajstić information content (AvgIpc) is 2.84. The van der Waals surface area contributed by atoms with Crippen LogP contribution in [-0.2, 0) is 14.4 Å². The molecule has 0 aromatic heterocycles. The number of rotatable bonds is 5. The number of Topliss-reactive ketones (excluding diaryl/α,β-unsaturated/α-hetero) is 2. The van der Waals surface area contributed by atoms with E-state index in [-0.39, 0.29) is 34.9 Å². The van der Waals surface area contributed by atoms with Gasteiger partial charge in [-0.1, -0.05) is 58.0 Å². The molecule has 0 spiro atoms. The number of amides is 1. The summed E-state index contributed by atoms with van der Waals surface area (Å²) >= 11 is 0. The van der Waals surface area contributed by atoms with E-state index in [4.69, 9.17) is 4.74 Å². The Morgan fingerprint density at radius 3 is 2.03 bits per heavy atom. The summed E-state index contributed by atoms with van der Waals surface area (Å²) in [5, 5.41) is 2.82. The summed E-state index contributed by atoms with van der Waals surface area (Å²) < 4.78 is 5.86. The van der Waals surface area contributed by atoms with Crippen molar-refractivity contribution in [3.8, 4) is 5.75 Å². The lowest BCUT2D eigenvalue weighted by atomic mass is 9.64. The molecule has 0 atom stereocenters. The molecule has 2 aromatic carbocycles. The van der Waals surface area contributed by atoms with Gasteiger partial charge in [0.1, 0.15) is 5.75 Å². The molecule has 0 fully saturated rings. The van der Waals surface area contributed by atoms with Crippen LogP contribution in [0.4, 0.5) is 5.69 Å². The van der Waals surface area contributed by atoms with Crippen molar-refractivity contribution in [3.63, 3.8) is 0 Å². The Hall–Kier alpha value is -3.67. The number of allylic oxidation sites excluding steroid dienone is 4. The molecule has 0 bridgehead atoms. The maximum Gasteiger partial charge on any atom is 0.262 e. The minimum Gasteiger partial charge on any atom is -0.484 e. The lowest BCUT2D eigenvalue weighted by Crippen LogP contribution is -2.43. The summed E-state index contributed by atoms with van der Waals surface area (Å²) in [4.78, 5) is 41.9. The van der Waals surface area contributed by atoms with Crippen molar-refractivity contribution in [2.24, 2.45) is 10.8 Å². The number of ether oxygens (including phenoxy) is 1. The topological polar surface area (TPSA) is 75.7 Å². The summed E-state index contributed by atoms with van der Waals surface area (Å²) in [5.41, 5.74) is 4.78. The van der Waals surface area contributed by atoms with Crippen molar-refractivity contribution in [3.05, 3.63) is 82.7 Å². The number of nitrogens with zero attached hydrogens (tertiary/aromatic N) is 1. The van der Waals surface area contributed by atoms with E-state index in [0.29, 0.717) is 24.3 Å². The molecule has 0 unspecified atom stereocenters. The number of nitrogens with one attached hydrogen (secondary N) is 1. The number of ketones is 2. The first-order chi connectivity index (χ1) is 17.9. The smallest absolute Gasteiger partial charge is 0.262 e. The molecular weight excluding hydrogens is 476 g/mol. The van der Waals surface area contributed by atoms with Gasteiger partial charge in [-0.3, -0.25) is 14.4 Å². The maximum atomic E-state index is 13.7. The predicted molar refractivity (Wildman–Crippen MR) is 148 cm³/mol. The van der Waals surface area contributed by atoms with Crippen LogP contribution in [0.25, 0.3) is 0 Å². The van der Waals surface area contributed by atoms with Crippen LogP contribution in [0, 0.1) is 10.8 Å². The quantitative estimate of drug-likeness (QED) is 0.530. The molecule has 1 amide bonds. The van der Waals surface area contributed by atoms with Gasteiger partial charge in [-0.15, -0.1) is 0 Å². The second-order valence-corrected chi connectivity index (χ2v) is 12.4. The van der Waals surface area contributed by atoms with E-state index < -0.39 is 5.92 Å². The standard InChI is InChI=1S/C32H36N2O4/c1-31(2)15-23-29(25(35)17-31)28(30-24(34(23)5)16-32(3,4)18-26(30)36)20-10-9-13-22(14-20)38-19-27(37)33-21-11-7-6-8-12-21/h6-14,28H,15-19H2,1-5H3,(H,33,37). The van der Waals surface area contributed by atoms with Crippen LogP contribution in [0.5, 0.6) is 5.75 Å². The summed E-state index contributed by atoms with van der Waals surface area (Å²) in [6.45, 7) is 8.38. The van der Waals surface area contributed by atoms with Gasteiger partial charge >= 0.3 is 0 Å². The summed E-state index contributed by atoms with van der Waals surface area (Å²) in [6, 6.07) is 16.7. The third-order valence-corrected chi connectivity index (χ3v) is 7.80. The van der Waals surface area contributed by atoms with Gasteiger partial charge in [-0.05, 0) is 53.5 Å². The first-order valence-electron chi connectivity index (χ1n) is 13.3. The Morgan fingerprint density at radius 1 is 0.868 bits per heavy atom. The van der Waals surface area contributed by atoms with Crippen LogP contribution in [0.3, 0.4) is 0 Å². The number of benzene rings is 2. The molecular formula is C32H36N2O4. The van der Waals surface area contributed by atoms with E-state index in [1.54, 1.807) is 6.07 Å². The zero-order valence-corrected chi connectivity index (χ0v) is 22.9. The van der Waals surface area contributed by atoms with Crippen molar-refractivity contribution in [2.75, 3.05) is 19.0 Å². The molecule has 0 saturated heterocycles. The first-order valence-corrected chi connectivity index (χ1v) is 13.3. The number of hydrogen-bond donors (Lipinski definition) is 1. The van der Waals surface area contributed by atoms with Crippen molar-refractivity contribution in [1.82, 2.24) is 4.90 Å². The van der Waals surface area contributed by atoms with Gasteiger partial charge < -0.3 is 15.0 Å². The van der Waals surface area contributed by atoms with Crippen LogP contribution in [0.15, 0.2) is 77.1 Å². The third kappa shape index (κ3) is 5.04. The number of hydrogen-bond acceptors (Lipinski definition) is 5. The van der Waals surface area contributed by atoms with Crippen molar-refractivity contribution in [1.29, 1.82) is 0 Å². The number of carbonyl (C=O) groups is 3. The van der Waals surface area contributed by atoms with E-state index in [1.807, 2.05) is 55.6 Å². The van der Waals surface area contributed by atoms with Gasteiger partial charge in [-0.25, -0.2) is 0 Å². The highest BCUT2D eigenvalue weighted by Gasteiger charge is 2.48. The fraction of sp³-hybridized carbons (Fsp3) is 0.406. The molecule has 1 aliphatic heterocycles. The lowest BCUT2D eigenvalue weighted by molar-refractivity contribution is -0.120. The molecule has 1 N–H and O–H groups in total. The first kappa shape index (κ1) is 26.0. The molecule has 5 rings (SSSR count). The molecule has 3 aliphatic rings. The second-order valence-electron chi connectivity index (χ2n) is 12.4. The van der Waals surface area contributed by atoms with Gasteiger partial charge in [0.05, 0.1) is 0 Å². The summed E-state index contributed by atoms with van der Waals surface area (Å²) in [5.74, 6) is 0.0492. The lowest BCUT2D eigenvalue weighted by Gasteiger charge is -2.47. The monoisotopic (exact) mass is 512 g/mol. The van der Waals surface area contributed by atoms with Crippen LogP contribution in [0.1, 0.15) is 64.9 Å². The largest absolute Gasteiger partial charge is 0.484 e. The Labute approximate surface area is 224 Å². The molecule has 198 valence electrons. The van der Waals surface area contributed by atoms with Gasteiger partial charge in [0, 0.05) is 54.0 Å². The predicted octanol–water partition coefficient (Wildman–Crippen LogP) is 6.02. The normalized spacial score (nSPS) is 20.7. The van der Waals surface area contributed by atoms with Crippen molar-refractivity contribution >= 4 is 23.2 Å². The van der Waals surface area contributed by atoms with Gasteiger partial charge in [0.2, 0.25) is 0 Å². The Morgan fingerprint density at radius 2 is 1.45 bits per heavy atom. The highest BCUT2D eigenvalue weighted by atomic mass is 16.5. The number of carbonyl (C=O) groups excluding carboxylic acids is 3. The van der Waals surface area contributed by atoms with Gasteiger partial charge in [0.25, 0.3) is 5.91 Å². The van der Waals surface area contributed by atoms with E-state index in [0.717, 1.165) is 40.9 Å². The fourth-order valence-corrected chi connectivity index (χ4v) is 6.15. The van der Waals surface area contributed by atoms with E-state index in [2.05, 4.69) is 37.9 Å². The average molecular weight is 513 g/mol. The molecule has 6 heteroatoms. The van der Waals surface area contributed by atoms with Gasteiger partial charge in [-0.2, -0.15) is 0 Å². The second kappa shape index (κ2) is 9.57. The molecule has 2 aliphatic carbocycles. The van der Waals surface area contributed by atoms with Crippen LogP contribution in [-0.4, -0.2) is 36.0 Å². The molecule has 2 aromatic rings. The minimum atomic E-state index is -0.426. The summed E-state index contributed by atoms with van der Waals surface area (Å²) in [7, 11) is 2.01.